The third-order valence-corrected chi connectivity index (χ3v) is 2.92. The van der Waals surface area contributed by atoms with E-state index in [0.717, 1.165) is 0 Å². The maximum atomic E-state index is 11.9. The average Bonchev–Trinajstić information content (AvgIpc) is 2.79. The number of nitrogens with zero attached hydrogens (tertiary/aromatic N) is 3. The number of aryl methyl sites for hydroxylation is 1. The summed E-state index contributed by atoms with van der Waals surface area (Å²) in [6, 6.07) is -1.72. The van der Waals surface area contributed by atoms with Gasteiger partial charge in [-0.15, -0.1) is 0 Å². The molecule has 4 N–H and O–H groups in total. The van der Waals surface area contributed by atoms with E-state index in [2.05, 4.69) is 10.3 Å². The van der Waals surface area contributed by atoms with Gasteiger partial charge in [-0.3, -0.25) is 4.79 Å². The third kappa shape index (κ3) is 5.13. The number of urea groups is 1. The van der Waals surface area contributed by atoms with Gasteiger partial charge < -0.3 is 25.6 Å². The molecular weight excluding hydrogens is 278 g/mol. The van der Waals surface area contributed by atoms with Crippen LogP contribution < -0.4 is 11.1 Å². The second-order valence-corrected chi connectivity index (χ2v) is 4.66. The number of aromatic nitrogens is 2. The molecule has 0 unspecified atom stereocenters. The van der Waals surface area contributed by atoms with Crippen LogP contribution in [-0.2, 0) is 23.2 Å². The summed E-state index contributed by atoms with van der Waals surface area (Å²) >= 11 is 0. The van der Waals surface area contributed by atoms with Gasteiger partial charge in [-0.25, -0.2) is 14.6 Å². The van der Waals surface area contributed by atoms with Crippen LogP contribution in [0.4, 0.5) is 4.79 Å². The zero-order valence-electron chi connectivity index (χ0n) is 11.9. The van der Waals surface area contributed by atoms with Crippen LogP contribution in [0.1, 0.15) is 18.7 Å². The predicted molar refractivity (Wildman–Crippen MR) is 73.1 cm³/mol. The first-order valence-electron chi connectivity index (χ1n) is 6.30. The highest BCUT2D eigenvalue weighted by molar-refractivity contribution is 5.83. The van der Waals surface area contributed by atoms with Gasteiger partial charge in [0.1, 0.15) is 11.9 Å². The highest BCUT2D eigenvalue weighted by Crippen LogP contribution is 2.02. The quantitative estimate of drug-likeness (QED) is 0.611. The number of carbonyl (C=O) groups is 3. The monoisotopic (exact) mass is 297 g/mol. The molecule has 0 aromatic carbocycles. The molecule has 0 saturated carbocycles. The lowest BCUT2D eigenvalue weighted by Gasteiger charge is -2.21. The number of amides is 3. The van der Waals surface area contributed by atoms with Crippen molar-refractivity contribution in [2.24, 2.45) is 12.8 Å². The van der Waals surface area contributed by atoms with Gasteiger partial charge in [0.15, 0.2) is 0 Å². The third-order valence-electron chi connectivity index (χ3n) is 2.92. The summed E-state index contributed by atoms with van der Waals surface area (Å²) < 4.78 is 1.76. The molecule has 0 fully saturated rings. The topological polar surface area (TPSA) is 131 Å². The number of nitrogens with one attached hydrogen (secondary N) is 1. The fourth-order valence-electron chi connectivity index (χ4n) is 1.64. The number of rotatable bonds is 7. The first-order chi connectivity index (χ1) is 9.81. The van der Waals surface area contributed by atoms with Gasteiger partial charge in [-0.2, -0.15) is 0 Å². The van der Waals surface area contributed by atoms with Crippen LogP contribution in [0, 0.1) is 0 Å². The lowest BCUT2D eigenvalue weighted by atomic mass is 10.1. The summed E-state index contributed by atoms with van der Waals surface area (Å²) in [4.78, 5) is 39.1. The SMILES string of the molecule is CN(Cc1nccn1C)C(=O)N[C@@H](CCC(N)=O)C(=O)O. The Hall–Kier alpha value is -2.58. The van der Waals surface area contributed by atoms with E-state index in [0.29, 0.717) is 5.82 Å². The van der Waals surface area contributed by atoms with Gasteiger partial charge >= 0.3 is 12.0 Å². The number of carboxylic acid groups (broad SMARTS) is 1. The molecule has 1 aromatic rings. The summed E-state index contributed by atoms with van der Waals surface area (Å²) in [7, 11) is 3.32. The molecule has 0 saturated heterocycles. The number of aliphatic carboxylic acids is 1. The maximum Gasteiger partial charge on any atom is 0.326 e. The van der Waals surface area contributed by atoms with E-state index in [9.17, 15) is 14.4 Å². The molecule has 21 heavy (non-hydrogen) atoms. The van der Waals surface area contributed by atoms with Crippen LogP contribution in [0.25, 0.3) is 0 Å². The van der Waals surface area contributed by atoms with Gasteiger partial charge in [0.25, 0.3) is 0 Å². The van der Waals surface area contributed by atoms with E-state index >= 15 is 0 Å². The smallest absolute Gasteiger partial charge is 0.326 e. The number of primary amides is 1. The molecule has 1 aromatic heterocycles. The van der Waals surface area contributed by atoms with E-state index < -0.39 is 23.9 Å². The van der Waals surface area contributed by atoms with Crippen LogP contribution >= 0.6 is 0 Å². The Bertz CT molecular complexity index is 527. The second-order valence-electron chi connectivity index (χ2n) is 4.66. The fourth-order valence-corrected chi connectivity index (χ4v) is 1.64. The molecular formula is C12H19N5O4. The first-order valence-corrected chi connectivity index (χ1v) is 6.30. The lowest BCUT2D eigenvalue weighted by molar-refractivity contribution is -0.139. The Balaban J connectivity index is 2.58. The number of carbonyl (C=O) groups excluding carboxylic acids is 2. The highest BCUT2D eigenvalue weighted by Gasteiger charge is 2.22. The molecule has 116 valence electrons. The number of nitrogens with two attached hydrogens (primary N) is 1. The largest absolute Gasteiger partial charge is 0.480 e. The van der Waals surface area contributed by atoms with Crippen molar-refractivity contribution < 1.29 is 19.5 Å². The standard InChI is InChI=1S/C12H19N5O4/c1-16-6-5-14-10(16)7-17(2)12(21)15-8(11(19)20)3-4-9(13)18/h5-6,8H,3-4,7H2,1-2H3,(H2,13,18)(H,15,21)(H,19,20)/t8-/m0/s1. The van der Waals surface area contributed by atoms with Gasteiger partial charge in [0, 0.05) is 32.9 Å². The van der Waals surface area contributed by atoms with E-state index in [1.165, 1.54) is 11.9 Å². The zero-order valence-corrected chi connectivity index (χ0v) is 11.9. The molecule has 0 bridgehead atoms. The summed E-state index contributed by atoms with van der Waals surface area (Å²) in [5.74, 6) is -1.16. The molecule has 0 spiro atoms. The van der Waals surface area contributed by atoms with Gasteiger partial charge in [-0.1, -0.05) is 0 Å². The maximum absolute atomic E-state index is 11.9. The second kappa shape index (κ2) is 7.27. The van der Waals surface area contributed by atoms with Crippen molar-refractivity contribution in [3.63, 3.8) is 0 Å². The molecule has 9 heteroatoms. The highest BCUT2D eigenvalue weighted by atomic mass is 16.4. The fraction of sp³-hybridized carbons (Fsp3) is 0.500. The van der Waals surface area contributed by atoms with Crippen molar-refractivity contribution in [3.05, 3.63) is 18.2 Å². The number of imidazole rings is 1. The van der Waals surface area contributed by atoms with Gasteiger partial charge in [0.2, 0.25) is 5.91 Å². The van der Waals surface area contributed by atoms with Crippen LogP contribution in [0.2, 0.25) is 0 Å². The molecule has 0 aliphatic carbocycles. The van der Waals surface area contributed by atoms with Crippen molar-refractivity contribution in [1.82, 2.24) is 19.8 Å². The van der Waals surface area contributed by atoms with Crippen molar-refractivity contribution >= 4 is 17.9 Å². The first kappa shape index (κ1) is 16.5. The molecule has 0 radical (unpaired) electrons. The predicted octanol–water partition coefficient (Wildman–Crippen LogP) is -0.720. The summed E-state index contributed by atoms with van der Waals surface area (Å²) in [6.45, 7) is 0.234. The Morgan fingerprint density at radius 1 is 1.52 bits per heavy atom. The molecule has 1 rings (SSSR count). The van der Waals surface area contributed by atoms with Gasteiger partial charge in [0.05, 0.1) is 6.54 Å². The number of carboxylic acids is 1. The van der Waals surface area contributed by atoms with Crippen LogP contribution in [0.15, 0.2) is 12.4 Å². The van der Waals surface area contributed by atoms with E-state index in [-0.39, 0.29) is 19.4 Å². The van der Waals surface area contributed by atoms with Gasteiger partial charge in [-0.05, 0) is 6.42 Å². The van der Waals surface area contributed by atoms with Crippen LogP contribution in [0.5, 0.6) is 0 Å². The van der Waals surface area contributed by atoms with Crippen molar-refractivity contribution in [1.29, 1.82) is 0 Å². The normalized spacial score (nSPS) is 11.7. The molecule has 0 aliphatic heterocycles. The van der Waals surface area contributed by atoms with Crippen molar-refractivity contribution in [2.45, 2.75) is 25.4 Å². The molecule has 9 nitrogen and oxygen atoms in total. The summed E-state index contributed by atoms with van der Waals surface area (Å²) in [5.41, 5.74) is 4.97. The Morgan fingerprint density at radius 2 is 2.19 bits per heavy atom. The van der Waals surface area contributed by atoms with Crippen LogP contribution in [0.3, 0.4) is 0 Å². The Kier molecular flexibility index (Phi) is 5.70. The van der Waals surface area contributed by atoms with E-state index in [1.54, 1.807) is 24.0 Å². The van der Waals surface area contributed by atoms with Crippen molar-refractivity contribution in [2.75, 3.05) is 7.05 Å². The summed E-state index contributed by atoms with van der Waals surface area (Å²) in [5, 5.41) is 11.4. The Labute approximate surface area is 121 Å². The number of hydrogen-bond donors (Lipinski definition) is 3. The minimum absolute atomic E-state index is 0.0490. The Morgan fingerprint density at radius 3 is 2.67 bits per heavy atom. The van der Waals surface area contributed by atoms with E-state index in [1.807, 2.05) is 0 Å². The van der Waals surface area contributed by atoms with E-state index in [4.69, 9.17) is 10.8 Å². The molecule has 3 amide bonds. The lowest BCUT2D eigenvalue weighted by Crippen LogP contribution is -2.46. The minimum atomic E-state index is -1.21. The van der Waals surface area contributed by atoms with Crippen LogP contribution in [-0.4, -0.2) is 50.6 Å². The molecule has 1 atom stereocenters. The number of hydrogen-bond acceptors (Lipinski definition) is 4. The minimum Gasteiger partial charge on any atom is -0.480 e. The zero-order chi connectivity index (χ0) is 16.0. The summed E-state index contributed by atoms with van der Waals surface area (Å²) in [6.07, 6.45) is 3.19. The average molecular weight is 297 g/mol. The molecule has 0 aliphatic rings. The van der Waals surface area contributed by atoms with Crippen molar-refractivity contribution in [3.8, 4) is 0 Å². The molecule has 1 heterocycles.